The maximum atomic E-state index is 5.83. The molecule has 0 bridgehead atoms. The highest BCUT2D eigenvalue weighted by Gasteiger charge is 1.96. The molecule has 1 aromatic rings. The van der Waals surface area contributed by atoms with E-state index in [0.29, 0.717) is 0 Å². The molecular formula is C8H11BrClN. The fourth-order valence-electron chi connectivity index (χ4n) is 0.612. The lowest BCUT2D eigenvalue weighted by molar-refractivity contribution is 1.45. The van der Waals surface area contributed by atoms with Gasteiger partial charge in [0.05, 0.1) is 5.02 Å². The van der Waals surface area contributed by atoms with E-state index in [1.165, 1.54) is 7.05 Å². The van der Waals surface area contributed by atoms with E-state index in [1.807, 2.05) is 25.1 Å². The van der Waals surface area contributed by atoms with Crippen LogP contribution in [0.15, 0.2) is 22.7 Å². The van der Waals surface area contributed by atoms with Crippen LogP contribution in [0.5, 0.6) is 0 Å². The van der Waals surface area contributed by atoms with E-state index in [4.69, 9.17) is 11.6 Å². The number of hydrogen-bond donors (Lipinski definition) is 1. The van der Waals surface area contributed by atoms with Crippen molar-refractivity contribution >= 4 is 27.5 Å². The first kappa shape index (κ1) is 11.0. The van der Waals surface area contributed by atoms with Crippen molar-refractivity contribution in [2.75, 3.05) is 7.05 Å². The van der Waals surface area contributed by atoms with Crippen molar-refractivity contribution in [3.63, 3.8) is 0 Å². The summed E-state index contributed by atoms with van der Waals surface area (Å²) in [6.07, 6.45) is 0. The van der Waals surface area contributed by atoms with E-state index >= 15 is 0 Å². The van der Waals surface area contributed by atoms with Crippen molar-refractivity contribution in [1.82, 2.24) is 0 Å². The highest BCUT2D eigenvalue weighted by molar-refractivity contribution is 9.10. The molecule has 1 aromatic carbocycles. The van der Waals surface area contributed by atoms with Crippen LogP contribution >= 0.6 is 27.5 Å². The molecule has 0 fully saturated rings. The quantitative estimate of drug-likeness (QED) is 0.736. The summed E-state index contributed by atoms with van der Waals surface area (Å²) in [5.74, 6) is 0. The van der Waals surface area contributed by atoms with Crippen LogP contribution in [-0.2, 0) is 0 Å². The monoisotopic (exact) mass is 235 g/mol. The van der Waals surface area contributed by atoms with E-state index in [0.717, 1.165) is 15.1 Å². The molecule has 1 rings (SSSR count). The van der Waals surface area contributed by atoms with Crippen LogP contribution < -0.4 is 5.73 Å². The van der Waals surface area contributed by atoms with Crippen molar-refractivity contribution in [2.24, 2.45) is 5.73 Å². The molecule has 0 aliphatic heterocycles. The normalized spacial score (nSPS) is 8.45. The Morgan fingerprint density at radius 1 is 1.36 bits per heavy atom. The summed E-state index contributed by atoms with van der Waals surface area (Å²) in [6, 6.07) is 5.87. The summed E-state index contributed by atoms with van der Waals surface area (Å²) < 4.78 is 0.962. The smallest absolute Gasteiger partial charge is 0.0577 e. The fourth-order valence-corrected chi connectivity index (χ4v) is 1.20. The lowest BCUT2D eigenvalue weighted by Crippen LogP contribution is -1.73. The van der Waals surface area contributed by atoms with Gasteiger partial charge < -0.3 is 5.73 Å². The molecule has 1 nitrogen and oxygen atoms in total. The summed E-state index contributed by atoms with van der Waals surface area (Å²) in [5.41, 5.74) is 5.60. The third kappa shape index (κ3) is 3.23. The summed E-state index contributed by atoms with van der Waals surface area (Å²) in [4.78, 5) is 0. The second kappa shape index (κ2) is 5.58. The van der Waals surface area contributed by atoms with Crippen molar-refractivity contribution in [2.45, 2.75) is 6.92 Å². The second-order valence-electron chi connectivity index (χ2n) is 1.87. The largest absolute Gasteiger partial charge is 0.333 e. The predicted molar refractivity (Wildman–Crippen MR) is 54.0 cm³/mol. The molecule has 2 N–H and O–H groups in total. The Labute approximate surface area is 80.7 Å². The Balaban J connectivity index is 0.000000461. The Kier molecular flexibility index (Phi) is 5.56. The first-order chi connectivity index (χ1) is 5.22. The zero-order valence-electron chi connectivity index (χ0n) is 6.57. The van der Waals surface area contributed by atoms with E-state index in [1.54, 1.807) is 0 Å². The van der Waals surface area contributed by atoms with Gasteiger partial charge in [-0.1, -0.05) is 23.7 Å². The molecule has 0 atom stereocenters. The van der Waals surface area contributed by atoms with Crippen molar-refractivity contribution in [3.8, 4) is 0 Å². The third-order valence-electron chi connectivity index (χ3n) is 1.14. The first-order valence-electron chi connectivity index (χ1n) is 3.20. The molecule has 0 aromatic heterocycles. The maximum absolute atomic E-state index is 5.83. The zero-order valence-corrected chi connectivity index (χ0v) is 8.91. The van der Waals surface area contributed by atoms with Crippen LogP contribution in [0.25, 0.3) is 0 Å². The Morgan fingerprint density at radius 2 is 1.91 bits per heavy atom. The summed E-state index contributed by atoms with van der Waals surface area (Å²) in [6.45, 7) is 1.98. The highest BCUT2D eigenvalue weighted by Crippen LogP contribution is 2.24. The van der Waals surface area contributed by atoms with Crippen LogP contribution in [0, 0.1) is 6.92 Å². The summed E-state index contributed by atoms with van der Waals surface area (Å²) in [5, 5.41) is 0.803. The van der Waals surface area contributed by atoms with Gasteiger partial charge in [0.15, 0.2) is 0 Å². The summed E-state index contributed by atoms with van der Waals surface area (Å²) in [7, 11) is 1.50. The molecule has 0 amide bonds. The number of benzene rings is 1. The molecule has 0 aliphatic carbocycles. The van der Waals surface area contributed by atoms with Gasteiger partial charge in [0.1, 0.15) is 0 Å². The number of aryl methyl sites for hydroxylation is 1. The Morgan fingerprint density at radius 3 is 2.27 bits per heavy atom. The molecular weight excluding hydrogens is 225 g/mol. The van der Waals surface area contributed by atoms with Gasteiger partial charge in [-0.3, -0.25) is 0 Å². The van der Waals surface area contributed by atoms with Gasteiger partial charge in [-0.05, 0) is 41.5 Å². The predicted octanol–water partition coefficient (Wildman–Crippen LogP) is 2.99. The SMILES string of the molecule is CN.Cc1cccc(Br)c1Cl. The topological polar surface area (TPSA) is 26.0 Å². The second-order valence-corrected chi connectivity index (χ2v) is 3.10. The van der Waals surface area contributed by atoms with Gasteiger partial charge in [0, 0.05) is 4.47 Å². The van der Waals surface area contributed by atoms with Gasteiger partial charge in [-0.25, -0.2) is 0 Å². The van der Waals surface area contributed by atoms with E-state index < -0.39 is 0 Å². The standard InChI is InChI=1S/C7H6BrCl.CH5N/c1-5-3-2-4-6(8)7(5)9;1-2/h2-4H,1H3;2H2,1H3. The van der Waals surface area contributed by atoms with Crippen LogP contribution in [0.1, 0.15) is 5.56 Å². The Bertz CT molecular complexity index is 205. The zero-order chi connectivity index (χ0) is 8.85. The minimum Gasteiger partial charge on any atom is -0.333 e. The van der Waals surface area contributed by atoms with Crippen molar-refractivity contribution in [1.29, 1.82) is 0 Å². The van der Waals surface area contributed by atoms with Crippen LogP contribution in [0.3, 0.4) is 0 Å². The van der Waals surface area contributed by atoms with Gasteiger partial charge in [-0.2, -0.15) is 0 Å². The van der Waals surface area contributed by atoms with Gasteiger partial charge in [-0.15, -0.1) is 0 Å². The molecule has 11 heavy (non-hydrogen) atoms. The molecule has 0 radical (unpaired) electrons. The molecule has 0 heterocycles. The molecule has 0 unspecified atom stereocenters. The lowest BCUT2D eigenvalue weighted by Gasteiger charge is -1.96. The summed E-state index contributed by atoms with van der Waals surface area (Å²) >= 11 is 9.14. The average Bonchev–Trinajstić information content (AvgIpc) is 2.04. The molecule has 0 spiro atoms. The molecule has 0 aliphatic rings. The van der Waals surface area contributed by atoms with E-state index in [9.17, 15) is 0 Å². The number of rotatable bonds is 0. The highest BCUT2D eigenvalue weighted by atomic mass is 79.9. The maximum Gasteiger partial charge on any atom is 0.0577 e. The van der Waals surface area contributed by atoms with Gasteiger partial charge in [0.2, 0.25) is 0 Å². The van der Waals surface area contributed by atoms with Crippen molar-refractivity contribution < 1.29 is 0 Å². The van der Waals surface area contributed by atoms with E-state index in [2.05, 4.69) is 21.7 Å². The molecule has 0 saturated carbocycles. The number of nitrogens with two attached hydrogens (primary N) is 1. The number of hydrogen-bond acceptors (Lipinski definition) is 1. The Hall–Kier alpha value is -0.0500. The fraction of sp³-hybridized carbons (Fsp3) is 0.250. The molecule has 0 saturated heterocycles. The first-order valence-corrected chi connectivity index (χ1v) is 4.37. The minimum atomic E-state index is 0.803. The van der Waals surface area contributed by atoms with Crippen LogP contribution in [-0.4, -0.2) is 7.05 Å². The van der Waals surface area contributed by atoms with Gasteiger partial charge in [0.25, 0.3) is 0 Å². The van der Waals surface area contributed by atoms with E-state index in [-0.39, 0.29) is 0 Å². The molecule has 3 heteroatoms. The minimum absolute atomic E-state index is 0.803. The van der Waals surface area contributed by atoms with Crippen molar-refractivity contribution in [3.05, 3.63) is 33.3 Å². The lowest BCUT2D eigenvalue weighted by atomic mass is 10.2. The third-order valence-corrected chi connectivity index (χ3v) is 2.54. The molecule has 62 valence electrons. The van der Waals surface area contributed by atoms with Crippen LogP contribution in [0.4, 0.5) is 0 Å². The van der Waals surface area contributed by atoms with Crippen LogP contribution in [0.2, 0.25) is 5.02 Å². The van der Waals surface area contributed by atoms with Gasteiger partial charge >= 0.3 is 0 Å². The number of halogens is 2. The average molecular weight is 237 g/mol.